The lowest BCUT2D eigenvalue weighted by atomic mass is 9.82. The Bertz CT molecular complexity index is 3170. The summed E-state index contributed by atoms with van der Waals surface area (Å²) in [6.07, 6.45) is 0.860. The summed E-state index contributed by atoms with van der Waals surface area (Å²) >= 11 is 0. The van der Waals surface area contributed by atoms with Crippen LogP contribution in [-0.2, 0) is 6.42 Å². The van der Waals surface area contributed by atoms with Crippen molar-refractivity contribution in [1.82, 2.24) is 9.55 Å². The number of hydrogen-bond donors (Lipinski definition) is 0. The Kier molecular flexibility index (Phi) is 6.56. The molecule has 248 valence electrons. The van der Waals surface area contributed by atoms with E-state index in [0.717, 1.165) is 29.0 Å². The fourth-order valence-corrected chi connectivity index (χ4v) is 8.92. The lowest BCUT2D eigenvalue weighted by Gasteiger charge is -2.21. The van der Waals surface area contributed by atoms with Crippen LogP contribution in [-0.4, -0.2) is 9.55 Å². The van der Waals surface area contributed by atoms with E-state index in [2.05, 4.69) is 187 Å². The van der Waals surface area contributed by atoms with Crippen molar-refractivity contribution in [3.8, 4) is 39.1 Å². The number of benzene rings is 10. The van der Waals surface area contributed by atoms with Crippen LogP contribution in [0.3, 0.4) is 0 Å². The van der Waals surface area contributed by atoms with Gasteiger partial charge in [0.25, 0.3) is 0 Å². The molecule has 0 amide bonds. The fourth-order valence-electron chi connectivity index (χ4n) is 8.92. The normalized spacial score (nSPS) is 11.9. The van der Waals surface area contributed by atoms with Crippen molar-refractivity contribution < 1.29 is 0 Å². The molecular formula is C51H34N2. The first-order chi connectivity index (χ1) is 26.2. The Balaban J connectivity index is 1.21. The molecule has 0 atom stereocenters. The zero-order valence-corrected chi connectivity index (χ0v) is 29.3. The standard InChI is InChI=1S/C51H34N2/c1-2-47-52-45-17-8-9-18-46(45)53(47)38-26-21-35(22-27-38)49-39-15-6-7-16-40(39)51(43-30-25-37(31-44(43)49)32-11-4-3-5-12-32)42-29-24-36-20-19-33-13-10-14-34-23-28-41(42)50(36)48(33)34/h3-31H,2H2,1H3. The van der Waals surface area contributed by atoms with E-state index in [4.69, 9.17) is 4.98 Å². The minimum absolute atomic E-state index is 0.860. The van der Waals surface area contributed by atoms with Crippen molar-refractivity contribution >= 4 is 64.9 Å². The van der Waals surface area contributed by atoms with Gasteiger partial charge in [-0.25, -0.2) is 4.98 Å². The van der Waals surface area contributed by atoms with Crippen molar-refractivity contribution in [1.29, 1.82) is 0 Å². The fraction of sp³-hybridized carbons (Fsp3) is 0.0392. The molecule has 11 rings (SSSR count). The Morgan fingerprint density at radius 1 is 0.434 bits per heavy atom. The third kappa shape index (κ3) is 4.49. The molecule has 0 spiro atoms. The van der Waals surface area contributed by atoms with Gasteiger partial charge in [0.15, 0.2) is 0 Å². The van der Waals surface area contributed by atoms with Crippen molar-refractivity contribution in [2.75, 3.05) is 0 Å². The second-order valence-corrected chi connectivity index (χ2v) is 14.1. The van der Waals surface area contributed by atoms with E-state index in [1.807, 2.05) is 0 Å². The summed E-state index contributed by atoms with van der Waals surface area (Å²) in [5.41, 5.74) is 10.7. The van der Waals surface area contributed by atoms with Crippen LogP contribution in [0.5, 0.6) is 0 Å². The van der Waals surface area contributed by atoms with Gasteiger partial charge in [0.05, 0.1) is 11.0 Å². The molecular weight excluding hydrogens is 641 g/mol. The first-order valence-corrected chi connectivity index (χ1v) is 18.5. The van der Waals surface area contributed by atoms with Gasteiger partial charge in [-0.1, -0.05) is 153 Å². The largest absolute Gasteiger partial charge is 0.296 e. The number of fused-ring (bicyclic) bond motifs is 3. The molecule has 0 fully saturated rings. The maximum atomic E-state index is 4.96. The van der Waals surface area contributed by atoms with Crippen molar-refractivity contribution in [2.45, 2.75) is 13.3 Å². The van der Waals surface area contributed by atoms with Crippen LogP contribution in [0.15, 0.2) is 176 Å². The predicted octanol–water partition coefficient (Wildman–Crippen LogP) is 13.8. The molecule has 0 aliphatic carbocycles. The number of aryl methyl sites for hydroxylation is 1. The lowest BCUT2D eigenvalue weighted by Crippen LogP contribution is -2.00. The van der Waals surface area contributed by atoms with E-state index < -0.39 is 0 Å². The number of para-hydroxylation sites is 2. The summed E-state index contributed by atoms with van der Waals surface area (Å²) in [6, 6.07) is 64.9. The van der Waals surface area contributed by atoms with Gasteiger partial charge in [0.2, 0.25) is 0 Å². The highest BCUT2D eigenvalue weighted by Gasteiger charge is 2.21. The average Bonchev–Trinajstić information content (AvgIpc) is 3.61. The van der Waals surface area contributed by atoms with Crippen LogP contribution in [0.1, 0.15) is 12.7 Å². The van der Waals surface area contributed by atoms with E-state index in [1.165, 1.54) is 87.2 Å². The second-order valence-electron chi connectivity index (χ2n) is 14.1. The predicted molar refractivity (Wildman–Crippen MR) is 225 cm³/mol. The van der Waals surface area contributed by atoms with Gasteiger partial charge >= 0.3 is 0 Å². The van der Waals surface area contributed by atoms with Gasteiger partial charge in [0.1, 0.15) is 5.82 Å². The third-order valence-electron chi connectivity index (χ3n) is 11.3. The number of rotatable bonds is 5. The summed E-state index contributed by atoms with van der Waals surface area (Å²) in [6.45, 7) is 2.18. The Morgan fingerprint density at radius 3 is 1.85 bits per heavy atom. The van der Waals surface area contributed by atoms with Crippen molar-refractivity contribution in [3.05, 3.63) is 182 Å². The van der Waals surface area contributed by atoms with Gasteiger partial charge < -0.3 is 0 Å². The first-order valence-electron chi connectivity index (χ1n) is 18.5. The molecule has 0 bridgehead atoms. The van der Waals surface area contributed by atoms with Crippen LogP contribution in [0.25, 0.3) is 104 Å². The smallest absolute Gasteiger partial charge is 0.114 e. The summed E-state index contributed by atoms with van der Waals surface area (Å²) in [5, 5.41) is 12.8. The van der Waals surface area contributed by atoms with Gasteiger partial charge in [-0.2, -0.15) is 0 Å². The number of aromatic nitrogens is 2. The van der Waals surface area contributed by atoms with E-state index in [1.54, 1.807) is 0 Å². The Hall–Kier alpha value is -6.77. The van der Waals surface area contributed by atoms with Gasteiger partial charge in [0, 0.05) is 12.1 Å². The van der Waals surface area contributed by atoms with E-state index >= 15 is 0 Å². The quantitative estimate of drug-likeness (QED) is 0.131. The molecule has 10 aromatic carbocycles. The van der Waals surface area contributed by atoms with Gasteiger partial charge in [-0.15, -0.1) is 0 Å². The number of nitrogens with zero attached hydrogens (tertiary/aromatic N) is 2. The van der Waals surface area contributed by atoms with Crippen molar-refractivity contribution in [2.24, 2.45) is 0 Å². The maximum absolute atomic E-state index is 4.96. The van der Waals surface area contributed by atoms with Crippen molar-refractivity contribution in [3.63, 3.8) is 0 Å². The van der Waals surface area contributed by atoms with Crippen LogP contribution < -0.4 is 0 Å². The topological polar surface area (TPSA) is 17.8 Å². The molecule has 0 radical (unpaired) electrons. The van der Waals surface area contributed by atoms with Gasteiger partial charge in [-0.3, -0.25) is 4.57 Å². The maximum Gasteiger partial charge on any atom is 0.114 e. The molecule has 0 unspecified atom stereocenters. The summed E-state index contributed by atoms with van der Waals surface area (Å²) in [4.78, 5) is 4.96. The van der Waals surface area contributed by atoms with E-state index in [-0.39, 0.29) is 0 Å². The van der Waals surface area contributed by atoms with E-state index in [0.29, 0.717) is 0 Å². The molecule has 0 saturated heterocycles. The minimum atomic E-state index is 0.860. The molecule has 1 aromatic heterocycles. The molecule has 1 heterocycles. The summed E-state index contributed by atoms with van der Waals surface area (Å²) in [5.74, 6) is 1.07. The molecule has 2 heteroatoms. The molecule has 53 heavy (non-hydrogen) atoms. The highest BCUT2D eigenvalue weighted by atomic mass is 15.1. The summed E-state index contributed by atoms with van der Waals surface area (Å²) < 4.78 is 2.31. The Labute approximate surface area is 307 Å². The Morgan fingerprint density at radius 2 is 1.06 bits per heavy atom. The molecule has 0 saturated carbocycles. The number of hydrogen-bond acceptors (Lipinski definition) is 1. The molecule has 2 nitrogen and oxygen atoms in total. The molecule has 0 aliphatic rings. The average molecular weight is 675 g/mol. The van der Waals surface area contributed by atoms with Crippen LogP contribution in [0, 0.1) is 0 Å². The summed E-state index contributed by atoms with van der Waals surface area (Å²) in [7, 11) is 0. The van der Waals surface area contributed by atoms with Crippen LogP contribution in [0.4, 0.5) is 0 Å². The zero-order valence-electron chi connectivity index (χ0n) is 29.3. The lowest BCUT2D eigenvalue weighted by molar-refractivity contribution is 0.908. The SMILES string of the molecule is CCc1nc2ccccc2n1-c1ccc(-c2c3ccccc3c(-c3ccc4ccc5cccc6ccc3c4c56)c3ccc(-c4ccccc4)cc23)cc1. The van der Waals surface area contributed by atoms with E-state index in [9.17, 15) is 0 Å². The first kappa shape index (κ1) is 29.9. The number of imidazole rings is 1. The van der Waals surface area contributed by atoms with Crippen LogP contribution >= 0.6 is 0 Å². The molecule has 11 aromatic rings. The monoisotopic (exact) mass is 674 g/mol. The zero-order chi connectivity index (χ0) is 35.0. The highest BCUT2D eigenvalue weighted by Crippen LogP contribution is 2.48. The minimum Gasteiger partial charge on any atom is -0.296 e. The van der Waals surface area contributed by atoms with Crippen LogP contribution in [0.2, 0.25) is 0 Å². The van der Waals surface area contributed by atoms with Gasteiger partial charge in [-0.05, 0) is 118 Å². The third-order valence-corrected chi connectivity index (χ3v) is 11.3. The molecule has 0 aliphatic heterocycles. The second kappa shape index (κ2) is 11.6. The molecule has 0 N–H and O–H groups in total. The highest BCUT2D eigenvalue weighted by molar-refractivity contribution is 6.29.